The molecule has 4 aromatic carbocycles. The maximum absolute atomic E-state index is 13.4. The van der Waals surface area contributed by atoms with Crippen molar-refractivity contribution in [3.05, 3.63) is 80.7 Å². The Morgan fingerprint density at radius 2 is 1.07 bits per heavy atom. The van der Waals surface area contributed by atoms with Gasteiger partial charge < -0.3 is 8.83 Å². The number of rotatable bonds is 0. The SMILES string of the molecule is O=C1c2cc(Br)c3c(oc4ccccc43)c2-c2c1cc(Br)c1c2oc2ccccc21. The normalized spacial score (nSPS) is 13.1. The Morgan fingerprint density at radius 3 is 1.53 bits per heavy atom. The summed E-state index contributed by atoms with van der Waals surface area (Å²) < 4.78 is 14.3. The molecule has 0 aliphatic heterocycles. The topological polar surface area (TPSA) is 43.4 Å². The summed E-state index contributed by atoms with van der Waals surface area (Å²) in [7, 11) is 0. The molecule has 0 radical (unpaired) electrons. The van der Waals surface area contributed by atoms with E-state index in [2.05, 4.69) is 31.9 Å². The molecule has 142 valence electrons. The number of fused-ring (bicyclic) bond motifs is 11. The molecule has 5 heteroatoms. The third-order valence-electron chi connectivity index (χ3n) is 5.94. The third kappa shape index (κ3) is 1.92. The predicted octanol–water partition coefficient (Wildman–Crippen LogP) is 8.22. The van der Waals surface area contributed by atoms with Crippen molar-refractivity contribution in [3.63, 3.8) is 0 Å². The first-order valence-corrected chi connectivity index (χ1v) is 11.0. The maximum atomic E-state index is 13.4. The quantitative estimate of drug-likeness (QED) is 0.203. The van der Waals surface area contributed by atoms with Gasteiger partial charge in [-0.15, -0.1) is 0 Å². The van der Waals surface area contributed by atoms with E-state index in [1.165, 1.54) is 0 Å². The zero-order valence-corrected chi connectivity index (χ0v) is 18.4. The van der Waals surface area contributed by atoms with Crippen LogP contribution in [-0.2, 0) is 0 Å². The van der Waals surface area contributed by atoms with Crippen LogP contribution in [0.5, 0.6) is 0 Å². The summed E-state index contributed by atoms with van der Waals surface area (Å²) in [6, 6.07) is 19.7. The molecule has 0 spiro atoms. The summed E-state index contributed by atoms with van der Waals surface area (Å²) in [4.78, 5) is 13.4. The summed E-state index contributed by atoms with van der Waals surface area (Å²) in [6.45, 7) is 0. The van der Waals surface area contributed by atoms with Crippen molar-refractivity contribution < 1.29 is 13.6 Å². The van der Waals surface area contributed by atoms with E-state index in [1.807, 2.05) is 60.7 Å². The fraction of sp³-hybridized carbons (Fsp3) is 0. The van der Waals surface area contributed by atoms with Gasteiger partial charge in [0.1, 0.15) is 22.3 Å². The number of carbonyl (C=O) groups is 1. The van der Waals surface area contributed by atoms with Gasteiger partial charge in [0.25, 0.3) is 0 Å². The van der Waals surface area contributed by atoms with Gasteiger partial charge in [-0.05, 0) is 56.1 Å². The number of ketones is 1. The Balaban J connectivity index is 1.75. The van der Waals surface area contributed by atoms with Gasteiger partial charge >= 0.3 is 0 Å². The summed E-state index contributed by atoms with van der Waals surface area (Å²) in [5.41, 5.74) is 5.86. The smallest absolute Gasteiger partial charge is 0.194 e. The van der Waals surface area contributed by atoms with Crippen molar-refractivity contribution in [2.24, 2.45) is 0 Å². The predicted molar refractivity (Wildman–Crippen MR) is 125 cm³/mol. The minimum Gasteiger partial charge on any atom is -0.455 e. The molecule has 0 atom stereocenters. The molecular weight excluding hydrogens is 508 g/mol. The monoisotopic (exact) mass is 516 g/mol. The Labute approximate surface area is 186 Å². The van der Waals surface area contributed by atoms with Crippen molar-refractivity contribution >= 4 is 81.5 Å². The first-order valence-electron chi connectivity index (χ1n) is 9.46. The molecule has 7 rings (SSSR count). The molecule has 0 amide bonds. The van der Waals surface area contributed by atoms with E-state index in [0.717, 1.165) is 52.8 Å². The molecule has 3 nitrogen and oxygen atoms in total. The Kier molecular flexibility index (Phi) is 3.16. The first kappa shape index (κ1) is 16.9. The van der Waals surface area contributed by atoms with Crippen molar-refractivity contribution in [1.29, 1.82) is 0 Å². The van der Waals surface area contributed by atoms with Gasteiger partial charge in [0.2, 0.25) is 0 Å². The second-order valence-electron chi connectivity index (χ2n) is 7.50. The van der Waals surface area contributed by atoms with Crippen LogP contribution in [0.3, 0.4) is 0 Å². The molecule has 0 bridgehead atoms. The van der Waals surface area contributed by atoms with E-state index < -0.39 is 0 Å². The van der Waals surface area contributed by atoms with Gasteiger partial charge in [-0.25, -0.2) is 0 Å². The Hall–Kier alpha value is -2.89. The van der Waals surface area contributed by atoms with Crippen molar-refractivity contribution in [1.82, 2.24) is 0 Å². The summed E-state index contributed by atoms with van der Waals surface area (Å²) >= 11 is 7.34. The van der Waals surface area contributed by atoms with Crippen molar-refractivity contribution in [2.45, 2.75) is 0 Å². The molecule has 0 saturated carbocycles. The molecule has 1 aliphatic rings. The lowest BCUT2D eigenvalue weighted by Gasteiger charge is -2.05. The van der Waals surface area contributed by atoms with E-state index in [9.17, 15) is 4.79 Å². The van der Waals surface area contributed by atoms with Gasteiger partial charge in [0, 0.05) is 52.7 Å². The Bertz CT molecular complexity index is 1610. The highest BCUT2D eigenvalue weighted by atomic mass is 79.9. The average Bonchev–Trinajstić information content (AvgIpc) is 3.40. The number of furan rings is 2. The van der Waals surface area contributed by atoms with E-state index in [0.29, 0.717) is 22.3 Å². The molecule has 0 N–H and O–H groups in total. The summed E-state index contributed by atoms with van der Waals surface area (Å²) in [6.07, 6.45) is 0. The van der Waals surface area contributed by atoms with Crippen molar-refractivity contribution in [3.8, 4) is 11.1 Å². The molecule has 30 heavy (non-hydrogen) atoms. The van der Waals surface area contributed by atoms with Crippen LogP contribution in [0.15, 0.2) is 78.4 Å². The molecule has 0 unspecified atom stereocenters. The fourth-order valence-electron chi connectivity index (χ4n) is 4.70. The van der Waals surface area contributed by atoms with Crippen LogP contribution < -0.4 is 0 Å². The average molecular weight is 518 g/mol. The van der Waals surface area contributed by atoms with Crippen LogP contribution >= 0.6 is 31.9 Å². The first-order chi connectivity index (χ1) is 14.6. The molecule has 0 fully saturated rings. The highest BCUT2D eigenvalue weighted by Crippen LogP contribution is 2.51. The van der Waals surface area contributed by atoms with Gasteiger partial charge in [-0.2, -0.15) is 0 Å². The second-order valence-corrected chi connectivity index (χ2v) is 9.20. The van der Waals surface area contributed by atoms with E-state index >= 15 is 0 Å². The van der Waals surface area contributed by atoms with Gasteiger partial charge in [-0.3, -0.25) is 4.79 Å². The molecule has 2 heterocycles. The van der Waals surface area contributed by atoms with Crippen LogP contribution in [0, 0.1) is 0 Å². The number of halogens is 2. The minimum absolute atomic E-state index is 0.0221. The number of benzene rings is 4. The molecule has 2 aromatic heterocycles. The molecule has 1 aliphatic carbocycles. The van der Waals surface area contributed by atoms with Crippen LogP contribution in [0.1, 0.15) is 15.9 Å². The van der Waals surface area contributed by atoms with Crippen LogP contribution in [0.2, 0.25) is 0 Å². The lowest BCUT2D eigenvalue weighted by Crippen LogP contribution is -1.95. The van der Waals surface area contributed by atoms with Crippen LogP contribution in [0.25, 0.3) is 55.0 Å². The standard InChI is InChI=1S/C25H10Br2O3/c26-15-9-13-21(24-19(15)11-5-1-3-7-17(11)29-24)22-14(23(13)28)10-16(27)20-12-6-2-4-8-18(12)30-25(20)22/h1-10H. The second kappa shape index (κ2) is 5.62. The number of hydrogen-bond acceptors (Lipinski definition) is 3. The fourth-order valence-corrected chi connectivity index (χ4v) is 5.95. The highest BCUT2D eigenvalue weighted by molar-refractivity contribution is 9.11. The zero-order chi connectivity index (χ0) is 20.1. The molecular formula is C25H10Br2O3. The van der Waals surface area contributed by atoms with Crippen molar-refractivity contribution in [2.75, 3.05) is 0 Å². The van der Waals surface area contributed by atoms with E-state index in [1.54, 1.807) is 0 Å². The summed E-state index contributed by atoms with van der Waals surface area (Å²) in [5, 5.41) is 3.97. The van der Waals surface area contributed by atoms with Gasteiger partial charge in [0.15, 0.2) is 5.78 Å². The van der Waals surface area contributed by atoms with Gasteiger partial charge in [-0.1, -0.05) is 36.4 Å². The highest BCUT2D eigenvalue weighted by Gasteiger charge is 2.35. The molecule has 0 saturated heterocycles. The van der Waals surface area contributed by atoms with Crippen LogP contribution in [-0.4, -0.2) is 5.78 Å². The third-order valence-corrected chi connectivity index (χ3v) is 7.19. The largest absolute Gasteiger partial charge is 0.455 e. The lowest BCUT2D eigenvalue weighted by atomic mass is 10.00. The summed E-state index contributed by atoms with van der Waals surface area (Å²) in [5.74, 6) is -0.0221. The Morgan fingerprint density at radius 1 is 0.633 bits per heavy atom. The van der Waals surface area contributed by atoms with E-state index in [-0.39, 0.29) is 5.78 Å². The van der Waals surface area contributed by atoms with Gasteiger partial charge in [0.05, 0.1) is 0 Å². The molecule has 6 aromatic rings. The zero-order valence-electron chi connectivity index (χ0n) is 15.3. The number of hydrogen-bond donors (Lipinski definition) is 0. The van der Waals surface area contributed by atoms with E-state index in [4.69, 9.17) is 8.83 Å². The van der Waals surface area contributed by atoms with Crippen LogP contribution in [0.4, 0.5) is 0 Å². The minimum atomic E-state index is -0.0221. The number of para-hydroxylation sites is 2. The maximum Gasteiger partial charge on any atom is 0.194 e. The lowest BCUT2D eigenvalue weighted by molar-refractivity contribution is 0.104. The number of carbonyl (C=O) groups excluding carboxylic acids is 1.